The molecule has 3 N–H and O–H groups in total. The zero-order chi connectivity index (χ0) is 4.50. The van der Waals surface area contributed by atoms with Crippen molar-refractivity contribution >= 4 is 45.6 Å². The molecule has 0 unspecified atom stereocenters. The van der Waals surface area contributed by atoms with E-state index in [4.69, 9.17) is 19.2 Å². The van der Waals surface area contributed by atoms with Crippen LogP contribution in [0.4, 0.5) is 0 Å². The largest absolute Gasteiger partial charge is 2.00 e. The zero-order valence-electron chi connectivity index (χ0n) is 5.48. The Morgan fingerprint density at radius 2 is 1.29 bits per heavy atom. The molecule has 0 saturated heterocycles. The van der Waals surface area contributed by atoms with Crippen molar-refractivity contribution in [2.45, 2.75) is 0 Å². The molecule has 0 aliphatic rings. The summed E-state index contributed by atoms with van der Waals surface area (Å²) in [7, 11) is -4.64. The molecule has 0 bridgehead atoms. The molecule has 0 saturated carbocycles. The van der Waals surface area contributed by atoms with Crippen LogP contribution in [0.15, 0.2) is 0 Å². The van der Waals surface area contributed by atoms with Gasteiger partial charge in [-0.15, -0.1) is 0 Å². The molecule has 7 heteroatoms. The summed E-state index contributed by atoms with van der Waals surface area (Å²) in [6.07, 6.45) is 0. The standard InChI is InChI=1S/Ca.La.H3O4P.2H/c;;1-5(2,3)4;;/h;;(H3,1,2,3,4);;/q+2;;;2*-1. The van der Waals surface area contributed by atoms with E-state index in [1.807, 2.05) is 0 Å². The van der Waals surface area contributed by atoms with Crippen LogP contribution in [0.1, 0.15) is 2.85 Å². The van der Waals surface area contributed by atoms with Gasteiger partial charge in [-0.2, -0.15) is 0 Å². The molecular weight excluding hydrogens is 274 g/mol. The minimum absolute atomic E-state index is 0. The average molecular weight is 279 g/mol. The summed E-state index contributed by atoms with van der Waals surface area (Å²) in [4.78, 5) is 21.6. The molecule has 0 aromatic rings. The van der Waals surface area contributed by atoms with Gasteiger partial charge >= 0.3 is 45.6 Å². The zero-order valence-corrected chi connectivity index (χ0v) is 10.2. The molecule has 1 radical (unpaired) electrons. The molecule has 0 spiro atoms. The van der Waals surface area contributed by atoms with Gasteiger partial charge in [0.1, 0.15) is 0 Å². The second-order valence-electron chi connectivity index (χ2n) is 0.513. The maximum Gasteiger partial charge on any atom is 2.00 e. The quantitative estimate of drug-likeness (QED) is 0.389. The van der Waals surface area contributed by atoms with Crippen molar-refractivity contribution in [1.82, 2.24) is 0 Å². The van der Waals surface area contributed by atoms with Gasteiger partial charge in [-0.25, -0.2) is 4.57 Å². The molecule has 0 aromatic carbocycles. The second-order valence-corrected chi connectivity index (χ2v) is 1.54. The predicted octanol–water partition coefficient (Wildman–Crippen LogP) is -1.08. The molecule has 0 amide bonds. The van der Waals surface area contributed by atoms with Crippen LogP contribution in [0.3, 0.4) is 0 Å². The van der Waals surface area contributed by atoms with Crippen molar-refractivity contribution in [3.05, 3.63) is 0 Å². The maximum absolute atomic E-state index is 8.88. The Labute approximate surface area is 101 Å². The van der Waals surface area contributed by atoms with Crippen molar-refractivity contribution in [2.24, 2.45) is 0 Å². The second kappa shape index (κ2) is 6.68. The first-order valence-corrected chi connectivity index (χ1v) is 2.35. The van der Waals surface area contributed by atoms with Gasteiger partial charge < -0.3 is 17.5 Å². The van der Waals surface area contributed by atoms with Crippen molar-refractivity contribution < 1.29 is 57.7 Å². The van der Waals surface area contributed by atoms with Crippen molar-refractivity contribution in [1.29, 1.82) is 0 Å². The first-order valence-electron chi connectivity index (χ1n) is 0.783. The van der Waals surface area contributed by atoms with Crippen LogP contribution < -0.4 is 0 Å². The molecule has 7 heavy (non-hydrogen) atoms. The third kappa shape index (κ3) is 56.1. The molecular formula is H5CaLaO4P. The number of phosphoric acid groups is 1. The topological polar surface area (TPSA) is 77.8 Å². The fraction of sp³-hybridized carbons (Fsp3) is 0. The van der Waals surface area contributed by atoms with Crippen LogP contribution in [0.5, 0.6) is 0 Å². The van der Waals surface area contributed by atoms with Crippen molar-refractivity contribution in [3.63, 3.8) is 0 Å². The van der Waals surface area contributed by atoms with Gasteiger partial charge in [0.05, 0.1) is 0 Å². The van der Waals surface area contributed by atoms with Crippen LogP contribution in [0.25, 0.3) is 0 Å². The SMILES string of the molecule is O=P(O)(O)O.[Ca+2].[H-].[H-].[La]. The summed E-state index contributed by atoms with van der Waals surface area (Å²) in [5, 5.41) is 0. The summed E-state index contributed by atoms with van der Waals surface area (Å²) < 4.78 is 8.88. The van der Waals surface area contributed by atoms with Gasteiger partial charge in [0, 0.05) is 35.6 Å². The number of hydrogen-bond acceptors (Lipinski definition) is 1. The van der Waals surface area contributed by atoms with E-state index in [0.29, 0.717) is 0 Å². The molecule has 0 atom stereocenters. The third-order valence-electron chi connectivity index (χ3n) is 0. The first-order chi connectivity index (χ1) is 2.00. The molecule has 0 heterocycles. The molecule has 0 aliphatic heterocycles. The molecule has 0 aliphatic carbocycles. The third-order valence-corrected chi connectivity index (χ3v) is 0. The van der Waals surface area contributed by atoms with Crippen LogP contribution in [0, 0.1) is 35.6 Å². The smallest absolute Gasteiger partial charge is 1.00 e. The van der Waals surface area contributed by atoms with Gasteiger partial charge in [-0.1, -0.05) is 0 Å². The van der Waals surface area contributed by atoms with E-state index in [1.54, 1.807) is 0 Å². The Bertz CT molecular complexity index is 64.7. The van der Waals surface area contributed by atoms with E-state index in [9.17, 15) is 0 Å². The average Bonchev–Trinajstić information content (AvgIpc) is 0.722. The van der Waals surface area contributed by atoms with Crippen LogP contribution in [0.2, 0.25) is 0 Å². The van der Waals surface area contributed by atoms with E-state index in [0.717, 1.165) is 0 Å². The molecule has 4 nitrogen and oxygen atoms in total. The molecule has 0 aromatic heterocycles. The van der Waals surface area contributed by atoms with E-state index in [1.165, 1.54) is 0 Å². The van der Waals surface area contributed by atoms with Gasteiger partial charge in [0.15, 0.2) is 0 Å². The Hall–Kier alpha value is 2.56. The van der Waals surface area contributed by atoms with Gasteiger partial charge in [-0.3, -0.25) is 0 Å². The summed E-state index contributed by atoms with van der Waals surface area (Å²) in [5.41, 5.74) is 0. The monoisotopic (exact) mass is 279 g/mol. The molecule has 39 valence electrons. The van der Waals surface area contributed by atoms with E-state index < -0.39 is 7.82 Å². The van der Waals surface area contributed by atoms with Gasteiger partial charge in [-0.05, 0) is 0 Å². The molecule has 0 fully saturated rings. The summed E-state index contributed by atoms with van der Waals surface area (Å²) in [5.74, 6) is 0. The van der Waals surface area contributed by atoms with Crippen molar-refractivity contribution in [2.75, 3.05) is 0 Å². The minimum Gasteiger partial charge on any atom is -1.00 e. The maximum atomic E-state index is 8.88. The van der Waals surface area contributed by atoms with Crippen LogP contribution in [-0.4, -0.2) is 52.4 Å². The fourth-order valence-corrected chi connectivity index (χ4v) is 0. The van der Waals surface area contributed by atoms with E-state index in [-0.39, 0.29) is 76.2 Å². The van der Waals surface area contributed by atoms with Crippen molar-refractivity contribution in [3.8, 4) is 0 Å². The summed E-state index contributed by atoms with van der Waals surface area (Å²) >= 11 is 0. The summed E-state index contributed by atoms with van der Waals surface area (Å²) in [6.45, 7) is 0. The minimum atomic E-state index is -4.64. The first kappa shape index (κ1) is 16.3. The number of hydrogen-bond donors (Lipinski definition) is 3. The van der Waals surface area contributed by atoms with Crippen LogP contribution >= 0.6 is 7.82 Å². The van der Waals surface area contributed by atoms with E-state index in [2.05, 4.69) is 0 Å². The van der Waals surface area contributed by atoms with E-state index >= 15 is 0 Å². The Morgan fingerprint density at radius 1 is 1.29 bits per heavy atom. The Morgan fingerprint density at radius 3 is 1.29 bits per heavy atom. The summed E-state index contributed by atoms with van der Waals surface area (Å²) in [6, 6.07) is 0. The predicted molar refractivity (Wildman–Crippen MR) is 22.2 cm³/mol. The normalized spacial score (nSPS) is 8.43. The Kier molecular flexibility index (Phi) is 15.5. The van der Waals surface area contributed by atoms with Crippen LogP contribution in [-0.2, 0) is 4.57 Å². The Balaban J connectivity index is -0.0000000133. The number of rotatable bonds is 0. The fourth-order valence-electron chi connectivity index (χ4n) is 0. The molecule has 0 rings (SSSR count). The van der Waals surface area contributed by atoms with Gasteiger partial charge in [0.2, 0.25) is 0 Å². The van der Waals surface area contributed by atoms with Gasteiger partial charge in [0.25, 0.3) is 0 Å².